The van der Waals surface area contributed by atoms with Crippen LogP contribution < -0.4 is 16.0 Å². The third-order valence-electron chi connectivity index (χ3n) is 3.05. The Morgan fingerprint density at radius 2 is 2.23 bits per heavy atom. The number of hydrogen-bond acceptors (Lipinski definition) is 8. The highest BCUT2D eigenvalue weighted by Gasteiger charge is 2.15. The molecule has 0 aliphatic rings. The number of pyridine rings is 1. The third kappa shape index (κ3) is 6.23. The molecule has 0 saturated heterocycles. The van der Waals surface area contributed by atoms with E-state index >= 15 is 0 Å². The highest BCUT2D eigenvalue weighted by molar-refractivity contribution is 7.13. The topological polar surface area (TPSA) is 125 Å². The van der Waals surface area contributed by atoms with Gasteiger partial charge in [0, 0.05) is 17.1 Å². The Labute approximate surface area is 156 Å². The van der Waals surface area contributed by atoms with E-state index in [1.807, 2.05) is 6.07 Å². The van der Waals surface area contributed by atoms with Gasteiger partial charge in [0.05, 0.1) is 5.69 Å². The first-order valence-electron chi connectivity index (χ1n) is 7.68. The predicted octanol–water partition coefficient (Wildman–Crippen LogP) is 0.542. The predicted molar refractivity (Wildman–Crippen MR) is 99.5 cm³/mol. The van der Waals surface area contributed by atoms with Crippen LogP contribution in [0.15, 0.2) is 23.7 Å². The van der Waals surface area contributed by atoms with E-state index in [4.69, 9.17) is 17.7 Å². The minimum absolute atomic E-state index is 0.203. The highest BCUT2D eigenvalue weighted by atomic mass is 32.1. The number of thiazole rings is 1. The van der Waals surface area contributed by atoms with Crippen LogP contribution in [0, 0.1) is 0 Å². The second-order valence-corrected chi connectivity index (χ2v) is 6.24. The van der Waals surface area contributed by atoms with Crippen LogP contribution in [0.5, 0.6) is 0 Å². The number of rotatable bonds is 8. The van der Waals surface area contributed by atoms with Gasteiger partial charge in [-0.3, -0.25) is 14.6 Å². The van der Waals surface area contributed by atoms with Crippen molar-refractivity contribution in [2.75, 3.05) is 5.32 Å². The maximum Gasteiger partial charge on any atom is 0.398 e. The Morgan fingerprint density at radius 1 is 1.46 bits per heavy atom. The molecule has 26 heavy (non-hydrogen) atoms. The van der Waals surface area contributed by atoms with Gasteiger partial charge in [0.2, 0.25) is 13.8 Å². The van der Waals surface area contributed by atoms with Crippen LogP contribution in [0.3, 0.4) is 0 Å². The number of anilines is 1. The van der Waals surface area contributed by atoms with Gasteiger partial charge in [-0.2, -0.15) is 0 Å². The number of carbonyl (C=O) groups excluding carboxylic acids is 2. The second kappa shape index (κ2) is 9.43. The summed E-state index contributed by atoms with van der Waals surface area (Å²) >= 11 is 1.34. The first-order chi connectivity index (χ1) is 12.3. The maximum absolute atomic E-state index is 11.9. The summed E-state index contributed by atoms with van der Waals surface area (Å²) in [5, 5.41) is 18.7. The van der Waals surface area contributed by atoms with Crippen molar-refractivity contribution >= 4 is 43.8 Å². The zero-order chi connectivity index (χ0) is 19.1. The van der Waals surface area contributed by atoms with Crippen molar-refractivity contribution in [3.05, 3.63) is 29.4 Å². The molecule has 1 atom stereocenters. The quantitative estimate of drug-likeness (QED) is 0.393. The van der Waals surface area contributed by atoms with E-state index < -0.39 is 24.8 Å². The standard InChI is InChI=1S/C14H17B2N5O4S/c1-8(18-14(15)23)12(22)19-11-7-26-13(20-11)9-3-4-10(17-5-9)6-25-21-16(2)24/h3-5,7-8,21,24H,6H2,1-2H3,(H,18,23)(H,19,22)/t8-/m0/s1. The molecule has 2 aromatic heterocycles. The SMILES string of the molecule is [B]C(=O)N[C@@H](C)C(=O)Nc1csc(-c2ccc(CONB(C)O)nc2)n1. The Morgan fingerprint density at radius 3 is 2.85 bits per heavy atom. The van der Waals surface area contributed by atoms with Crippen molar-refractivity contribution in [2.24, 2.45) is 0 Å². The molecule has 2 amide bonds. The number of nitrogens with one attached hydrogen (secondary N) is 3. The first kappa shape index (κ1) is 20.0. The van der Waals surface area contributed by atoms with Gasteiger partial charge in [0.25, 0.3) is 0 Å². The van der Waals surface area contributed by atoms with Crippen molar-refractivity contribution < 1.29 is 19.5 Å². The molecule has 0 spiro atoms. The molecular weight excluding hydrogens is 356 g/mol. The molecule has 2 aromatic rings. The van der Waals surface area contributed by atoms with E-state index in [9.17, 15) is 9.59 Å². The van der Waals surface area contributed by atoms with Crippen molar-refractivity contribution in [2.45, 2.75) is 26.4 Å². The molecule has 4 N–H and O–H groups in total. The van der Waals surface area contributed by atoms with Gasteiger partial charge >= 0.3 is 7.05 Å². The van der Waals surface area contributed by atoms with E-state index in [1.54, 1.807) is 24.5 Å². The molecular formula is C14H17B2N5O4S. The third-order valence-corrected chi connectivity index (χ3v) is 3.94. The zero-order valence-electron chi connectivity index (χ0n) is 14.2. The van der Waals surface area contributed by atoms with Crippen LogP contribution in [-0.2, 0) is 16.2 Å². The van der Waals surface area contributed by atoms with Gasteiger partial charge in [0.1, 0.15) is 23.5 Å². The zero-order valence-corrected chi connectivity index (χ0v) is 15.0. The minimum Gasteiger partial charge on any atom is -0.436 e. The van der Waals surface area contributed by atoms with E-state index in [2.05, 4.69) is 26.0 Å². The number of carbonyl (C=O) groups is 2. The Balaban J connectivity index is 1.94. The van der Waals surface area contributed by atoms with Crippen molar-refractivity contribution in [3.63, 3.8) is 0 Å². The summed E-state index contributed by atoms with van der Waals surface area (Å²) in [6.07, 6.45) is 1.64. The molecule has 0 unspecified atom stereocenters. The molecule has 0 bridgehead atoms. The van der Waals surface area contributed by atoms with Crippen molar-refractivity contribution in [1.29, 1.82) is 0 Å². The molecule has 0 aliphatic carbocycles. The smallest absolute Gasteiger partial charge is 0.398 e. The summed E-state index contributed by atoms with van der Waals surface area (Å²) in [6.45, 7) is 3.26. The lowest BCUT2D eigenvalue weighted by atomic mass is 9.92. The Bertz CT molecular complexity index is 756. The summed E-state index contributed by atoms with van der Waals surface area (Å²) < 4.78 is 0. The van der Waals surface area contributed by atoms with Gasteiger partial charge in [0.15, 0.2) is 5.81 Å². The summed E-state index contributed by atoms with van der Waals surface area (Å²) in [7, 11) is 4.22. The molecule has 0 saturated carbocycles. The Hall–Kier alpha value is -2.27. The summed E-state index contributed by atoms with van der Waals surface area (Å²) in [5.74, 6) is -0.816. The van der Waals surface area contributed by atoms with Crippen LogP contribution >= 0.6 is 11.3 Å². The lowest BCUT2D eigenvalue weighted by molar-refractivity contribution is -0.117. The average molecular weight is 373 g/mol. The van der Waals surface area contributed by atoms with E-state index in [0.717, 1.165) is 5.56 Å². The molecule has 0 aliphatic heterocycles. The van der Waals surface area contributed by atoms with Crippen LogP contribution in [0.4, 0.5) is 10.6 Å². The van der Waals surface area contributed by atoms with Gasteiger partial charge in [-0.05, 0) is 25.9 Å². The van der Waals surface area contributed by atoms with Gasteiger partial charge in [-0.1, -0.05) is 0 Å². The Kier molecular flexibility index (Phi) is 7.27. The van der Waals surface area contributed by atoms with Crippen LogP contribution in [0.2, 0.25) is 6.82 Å². The average Bonchev–Trinajstić information content (AvgIpc) is 3.03. The van der Waals surface area contributed by atoms with Crippen LogP contribution in [0.25, 0.3) is 10.6 Å². The maximum atomic E-state index is 11.9. The summed E-state index contributed by atoms with van der Waals surface area (Å²) in [6, 6.07) is 2.83. The van der Waals surface area contributed by atoms with Crippen LogP contribution in [-0.4, -0.2) is 47.6 Å². The molecule has 134 valence electrons. The number of amides is 2. The van der Waals surface area contributed by atoms with E-state index in [-0.39, 0.29) is 6.61 Å². The fourth-order valence-corrected chi connectivity index (χ4v) is 2.59. The second-order valence-electron chi connectivity index (χ2n) is 5.38. The van der Waals surface area contributed by atoms with Gasteiger partial charge in [-0.25, -0.2) is 10.4 Å². The van der Waals surface area contributed by atoms with Crippen molar-refractivity contribution in [3.8, 4) is 10.6 Å². The van der Waals surface area contributed by atoms with E-state index in [0.29, 0.717) is 16.5 Å². The van der Waals surface area contributed by atoms with E-state index in [1.165, 1.54) is 18.3 Å². The highest BCUT2D eigenvalue weighted by Crippen LogP contribution is 2.25. The van der Waals surface area contributed by atoms with Gasteiger partial charge < -0.3 is 20.5 Å². The number of nitrogens with zero attached hydrogens (tertiary/aromatic N) is 2. The fraction of sp³-hybridized carbons (Fsp3) is 0.286. The number of aromatic nitrogens is 2. The fourth-order valence-electron chi connectivity index (χ4n) is 1.85. The summed E-state index contributed by atoms with van der Waals surface area (Å²) in [4.78, 5) is 36.3. The lowest BCUT2D eigenvalue weighted by Crippen LogP contribution is -2.41. The number of hydrogen-bond donors (Lipinski definition) is 4. The van der Waals surface area contributed by atoms with Crippen molar-refractivity contribution in [1.82, 2.24) is 20.7 Å². The molecule has 0 aromatic carbocycles. The normalized spacial score (nSPS) is 11.7. The molecule has 9 nitrogen and oxygen atoms in total. The molecule has 2 heterocycles. The molecule has 0 fully saturated rings. The summed E-state index contributed by atoms with van der Waals surface area (Å²) in [5.41, 5.74) is 1.46. The molecule has 2 radical (unpaired) electrons. The largest absolute Gasteiger partial charge is 0.436 e. The molecule has 12 heteroatoms. The molecule has 2 rings (SSSR count). The van der Waals surface area contributed by atoms with Crippen LogP contribution in [0.1, 0.15) is 12.6 Å². The lowest BCUT2D eigenvalue weighted by Gasteiger charge is -2.11. The first-order valence-corrected chi connectivity index (χ1v) is 8.56. The monoisotopic (exact) mass is 373 g/mol. The van der Waals surface area contributed by atoms with Gasteiger partial charge in [-0.15, -0.1) is 11.3 Å². The minimum atomic E-state index is -0.773.